The van der Waals surface area contributed by atoms with E-state index in [4.69, 9.17) is 0 Å². The molecule has 2 heterocycles. The van der Waals surface area contributed by atoms with Crippen molar-refractivity contribution in [2.45, 2.75) is 56.6 Å². The summed E-state index contributed by atoms with van der Waals surface area (Å²) in [6.45, 7) is 4.29. The van der Waals surface area contributed by atoms with Crippen LogP contribution in [0.1, 0.15) is 51.4 Å². The number of hydrogen-bond donors (Lipinski definition) is 1. The number of piperidine rings is 2. The highest BCUT2D eigenvalue weighted by atomic mass is 32.2. The molecule has 4 heteroatoms. The molecule has 1 saturated carbocycles. The van der Waals surface area contributed by atoms with Gasteiger partial charge in [-0.3, -0.25) is 4.79 Å². The minimum atomic E-state index is 0.390. The Kier molecular flexibility index (Phi) is 4.92. The third-order valence-corrected chi connectivity index (χ3v) is 6.93. The van der Waals surface area contributed by atoms with E-state index >= 15 is 0 Å². The van der Waals surface area contributed by atoms with E-state index in [2.05, 4.69) is 10.2 Å². The highest BCUT2D eigenvalue weighted by Gasteiger charge is 2.37. The number of rotatable bonds is 3. The van der Waals surface area contributed by atoms with Gasteiger partial charge in [-0.25, -0.2) is 0 Å². The first kappa shape index (κ1) is 14.7. The van der Waals surface area contributed by atoms with Gasteiger partial charge < -0.3 is 10.2 Å². The van der Waals surface area contributed by atoms with Crippen LogP contribution in [-0.4, -0.2) is 48.0 Å². The molecule has 3 nitrogen and oxygen atoms in total. The third kappa shape index (κ3) is 3.51. The second-order valence-corrected chi connectivity index (χ2v) is 8.14. The third-order valence-electron chi connectivity index (χ3n) is 5.57. The van der Waals surface area contributed by atoms with Crippen LogP contribution in [0.15, 0.2) is 0 Å². The second-order valence-electron chi connectivity index (χ2n) is 6.85. The van der Waals surface area contributed by atoms with Gasteiger partial charge in [-0.1, -0.05) is 12.8 Å². The van der Waals surface area contributed by atoms with Crippen molar-refractivity contribution in [3.63, 3.8) is 0 Å². The molecular weight excluding hydrogens is 268 g/mol. The fraction of sp³-hybridized carbons (Fsp3) is 0.938. The van der Waals surface area contributed by atoms with Crippen LogP contribution in [-0.2, 0) is 4.79 Å². The Labute approximate surface area is 127 Å². The van der Waals surface area contributed by atoms with E-state index in [9.17, 15) is 4.79 Å². The maximum atomic E-state index is 12.3. The lowest BCUT2D eigenvalue weighted by atomic mass is 9.77. The number of carbonyl (C=O) groups is 1. The topological polar surface area (TPSA) is 32.3 Å². The first-order chi connectivity index (χ1) is 9.77. The Hall–Kier alpha value is -0.220. The zero-order chi connectivity index (χ0) is 13.8. The van der Waals surface area contributed by atoms with Crippen molar-refractivity contribution < 1.29 is 4.79 Å². The van der Waals surface area contributed by atoms with Crippen LogP contribution in [0.3, 0.4) is 0 Å². The molecule has 1 aliphatic carbocycles. The first-order valence-corrected chi connectivity index (χ1v) is 9.42. The molecule has 0 unspecified atom stereocenters. The van der Waals surface area contributed by atoms with Crippen LogP contribution < -0.4 is 5.32 Å². The largest absolute Gasteiger partial charge is 0.342 e. The number of hydrogen-bond acceptors (Lipinski definition) is 3. The summed E-state index contributed by atoms with van der Waals surface area (Å²) in [6.07, 6.45) is 10.6. The molecule has 0 aromatic carbocycles. The number of carbonyl (C=O) groups excluding carboxylic acids is 1. The van der Waals surface area contributed by atoms with Crippen LogP contribution in [0.5, 0.6) is 0 Å². The monoisotopic (exact) mass is 296 g/mol. The summed E-state index contributed by atoms with van der Waals surface area (Å²) >= 11 is 1.89. The molecule has 3 fully saturated rings. The molecule has 20 heavy (non-hydrogen) atoms. The summed E-state index contributed by atoms with van der Waals surface area (Å²) in [5.74, 6) is 1.10. The van der Waals surface area contributed by atoms with Gasteiger partial charge in [0.25, 0.3) is 0 Å². The average Bonchev–Trinajstić information content (AvgIpc) is 2.95. The molecule has 2 aliphatic heterocycles. The van der Waals surface area contributed by atoms with Gasteiger partial charge in [0.1, 0.15) is 0 Å². The van der Waals surface area contributed by atoms with Crippen molar-refractivity contribution in [1.82, 2.24) is 10.2 Å². The Morgan fingerprint density at radius 2 is 1.75 bits per heavy atom. The lowest BCUT2D eigenvalue weighted by Crippen LogP contribution is -2.43. The molecule has 1 N–H and O–H groups in total. The number of nitrogens with zero attached hydrogens (tertiary/aromatic N) is 1. The maximum absolute atomic E-state index is 12.3. The second kappa shape index (κ2) is 6.69. The fourth-order valence-corrected chi connectivity index (χ4v) is 5.23. The molecule has 0 radical (unpaired) electrons. The van der Waals surface area contributed by atoms with Gasteiger partial charge in [-0.2, -0.15) is 0 Å². The van der Waals surface area contributed by atoms with Gasteiger partial charge >= 0.3 is 0 Å². The van der Waals surface area contributed by atoms with E-state index < -0.39 is 0 Å². The quantitative estimate of drug-likeness (QED) is 0.869. The Balaban J connectivity index is 1.39. The Morgan fingerprint density at radius 1 is 1.10 bits per heavy atom. The van der Waals surface area contributed by atoms with Gasteiger partial charge in [-0.15, -0.1) is 11.8 Å². The number of amides is 1. The summed E-state index contributed by atoms with van der Waals surface area (Å²) in [5.41, 5.74) is 0.624. The van der Waals surface area contributed by atoms with E-state index in [1.165, 1.54) is 51.4 Å². The van der Waals surface area contributed by atoms with Crippen LogP contribution in [0.25, 0.3) is 0 Å². The normalized spacial score (nSPS) is 27.1. The van der Waals surface area contributed by atoms with Gasteiger partial charge in [0.2, 0.25) is 5.91 Å². The zero-order valence-electron chi connectivity index (χ0n) is 12.5. The molecule has 2 saturated heterocycles. The Bertz CT molecular complexity index is 325. The van der Waals surface area contributed by atoms with Gasteiger partial charge in [0, 0.05) is 18.3 Å². The number of nitrogens with one attached hydrogen (secondary N) is 1. The maximum Gasteiger partial charge on any atom is 0.232 e. The molecule has 114 valence electrons. The van der Waals surface area contributed by atoms with Crippen LogP contribution in [0.4, 0.5) is 0 Å². The first-order valence-electron chi connectivity index (χ1n) is 8.38. The Morgan fingerprint density at radius 3 is 2.40 bits per heavy atom. The highest BCUT2D eigenvalue weighted by Crippen LogP contribution is 2.46. The van der Waals surface area contributed by atoms with Crippen molar-refractivity contribution in [3.8, 4) is 0 Å². The van der Waals surface area contributed by atoms with Gasteiger partial charge in [-0.05, 0) is 57.0 Å². The van der Waals surface area contributed by atoms with Crippen molar-refractivity contribution in [2.24, 2.45) is 5.41 Å². The summed E-state index contributed by atoms with van der Waals surface area (Å²) in [4.78, 5) is 14.5. The average molecular weight is 296 g/mol. The van der Waals surface area contributed by atoms with Crippen LogP contribution >= 0.6 is 11.8 Å². The molecule has 3 rings (SSSR count). The van der Waals surface area contributed by atoms with E-state index in [-0.39, 0.29) is 0 Å². The summed E-state index contributed by atoms with van der Waals surface area (Å²) in [7, 11) is 0. The molecule has 1 spiro atoms. The van der Waals surface area contributed by atoms with Gasteiger partial charge in [0.05, 0.1) is 5.75 Å². The highest BCUT2D eigenvalue weighted by molar-refractivity contribution is 8.00. The van der Waals surface area contributed by atoms with Crippen molar-refractivity contribution in [2.75, 3.05) is 31.9 Å². The lowest BCUT2D eigenvalue weighted by molar-refractivity contribution is -0.130. The summed E-state index contributed by atoms with van der Waals surface area (Å²) in [5, 5.41) is 4.08. The lowest BCUT2D eigenvalue weighted by Gasteiger charge is -2.39. The molecule has 0 atom stereocenters. The van der Waals surface area contributed by atoms with Crippen LogP contribution in [0, 0.1) is 5.41 Å². The minimum Gasteiger partial charge on any atom is -0.342 e. The van der Waals surface area contributed by atoms with Crippen molar-refractivity contribution in [1.29, 1.82) is 0 Å². The number of likely N-dealkylation sites (tertiary alicyclic amines) is 1. The SMILES string of the molecule is O=C(CSC1CCNCC1)N1CCC2(CCCC2)CC1. The van der Waals surface area contributed by atoms with E-state index in [0.717, 1.165) is 26.2 Å². The van der Waals surface area contributed by atoms with Crippen molar-refractivity contribution >= 4 is 17.7 Å². The van der Waals surface area contributed by atoms with E-state index in [1.54, 1.807) is 0 Å². The fourth-order valence-electron chi connectivity index (χ4n) is 4.10. The number of thioether (sulfide) groups is 1. The molecule has 0 aromatic rings. The summed E-state index contributed by atoms with van der Waals surface area (Å²) < 4.78 is 0. The molecule has 0 bridgehead atoms. The standard InChI is InChI=1S/C16H28N2OS/c19-15(13-20-14-3-9-17-10-4-14)18-11-7-16(8-12-18)5-1-2-6-16/h14,17H,1-13H2. The molecular formula is C16H28N2OS. The van der Waals surface area contributed by atoms with Crippen LogP contribution in [0.2, 0.25) is 0 Å². The minimum absolute atomic E-state index is 0.390. The molecule has 0 aromatic heterocycles. The van der Waals surface area contributed by atoms with Crippen molar-refractivity contribution in [3.05, 3.63) is 0 Å². The molecule has 1 amide bonds. The smallest absolute Gasteiger partial charge is 0.232 e. The predicted molar refractivity (Wildman–Crippen MR) is 85.1 cm³/mol. The summed E-state index contributed by atoms with van der Waals surface area (Å²) in [6, 6.07) is 0. The van der Waals surface area contributed by atoms with E-state index in [0.29, 0.717) is 22.3 Å². The zero-order valence-corrected chi connectivity index (χ0v) is 13.3. The van der Waals surface area contributed by atoms with E-state index in [1.807, 2.05) is 11.8 Å². The predicted octanol–water partition coefficient (Wildman–Crippen LogP) is 2.65. The van der Waals surface area contributed by atoms with Gasteiger partial charge in [0.15, 0.2) is 0 Å². The molecule has 3 aliphatic rings.